The Bertz CT molecular complexity index is 412. The van der Waals surface area contributed by atoms with E-state index in [0.717, 1.165) is 23.9 Å². The number of rotatable bonds is 2. The Morgan fingerprint density at radius 1 is 1.11 bits per heavy atom. The van der Waals surface area contributed by atoms with Gasteiger partial charge in [0.2, 0.25) is 0 Å². The van der Waals surface area contributed by atoms with E-state index in [-0.39, 0.29) is 0 Å². The predicted octanol–water partition coefficient (Wildman–Crippen LogP) is 3.45. The van der Waals surface area contributed by atoms with Crippen molar-refractivity contribution in [3.8, 4) is 11.8 Å². The molecule has 3 unspecified atom stereocenters. The molecule has 1 heteroatoms. The van der Waals surface area contributed by atoms with Gasteiger partial charge in [-0.3, -0.25) is 0 Å². The summed E-state index contributed by atoms with van der Waals surface area (Å²) in [5, 5.41) is 3.57. The van der Waals surface area contributed by atoms with Crippen molar-refractivity contribution in [3.63, 3.8) is 0 Å². The highest BCUT2D eigenvalue weighted by molar-refractivity contribution is 5.33. The Balaban J connectivity index is 1.75. The quantitative estimate of drug-likeness (QED) is 0.782. The zero-order valence-electron chi connectivity index (χ0n) is 11.4. The highest BCUT2D eigenvalue weighted by Gasteiger charge is 2.23. The lowest BCUT2D eigenvalue weighted by molar-refractivity contribution is 0.230. The second-order valence-electron chi connectivity index (χ2n) is 5.51. The van der Waals surface area contributed by atoms with Crippen LogP contribution in [0.1, 0.15) is 38.7 Å². The van der Waals surface area contributed by atoms with Gasteiger partial charge in [-0.2, -0.15) is 0 Å². The van der Waals surface area contributed by atoms with Crippen LogP contribution in [0, 0.1) is 23.7 Å². The lowest BCUT2D eigenvalue weighted by Gasteiger charge is -2.32. The molecule has 1 nitrogen and oxygen atoms in total. The number of benzene rings is 1. The maximum absolute atomic E-state index is 3.57. The van der Waals surface area contributed by atoms with Crippen molar-refractivity contribution in [2.75, 3.05) is 6.54 Å². The predicted molar refractivity (Wildman–Crippen MR) is 77.3 cm³/mol. The van der Waals surface area contributed by atoms with Gasteiger partial charge in [0.15, 0.2) is 0 Å². The average Bonchev–Trinajstić information content (AvgIpc) is 2.40. The Morgan fingerprint density at radius 2 is 1.89 bits per heavy atom. The van der Waals surface area contributed by atoms with Crippen molar-refractivity contribution >= 4 is 0 Å². The molecule has 1 saturated carbocycles. The maximum Gasteiger partial charge on any atom is 0.0582 e. The van der Waals surface area contributed by atoms with Crippen LogP contribution in [0.5, 0.6) is 0 Å². The van der Waals surface area contributed by atoms with Gasteiger partial charge < -0.3 is 5.32 Å². The molecule has 0 bridgehead atoms. The SMILES string of the molecule is CC1CCC(NCC#Cc2ccccc2)CC1C. The third-order valence-electron chi connectivity index (χ3n) is 4.08. The van der Waals surface area contributed by atoms with Gasteiger partial charge in [-0.1, -0.05) is 43.9 Å². The van der Waals surface area contributed by atoms with E-state index >= 15 is 0 Å². The summed E-state index contributed by atoms with van der Waals surface area (Å²) in [4.78, 5) is 0. The zero-order chi connectivity index (χ0) is 12.8. The summed E-state index contributed by atoms with van der Waals surface area (Å²) in [5.74, 6) is 8.14. The van der Waals surface area contributed by atoms with Crippen LogP contribution in [0.25, 0.3) is 0 Å². The summed E-state index contributed by atoms with van der Waals surface area (Å²) in [6, 6.07) is 10.9. The van der Waals surface area contributed by atoms with Crippen LogP contribution in [0.15, 0.2) is 30.3 Å². The van der Waals surface area contributed by atoms with Gasteiger partial charge in [-0.05, 0) is 43.2 Å². The molecule has 0 heterocycles. The molecule has 1 N–H and O–H groups in total. The monoisotopic (exact) mass is 241 g/mol. The van der Waals surface area contributed by atoms with E-state index in [2.05, 4.69) is 43.1 Å². The van der Waals surface area contributed by atoms with E-state index < -0.39 is 0 Å². The Hall–Kier alpha value is -1.26. The van der Waals surface area contributed by atoms with E-state index in [9.17, 15) is 0 Å². The maximum atomic E-state index is 3.57. The molecular weight excluding hydrogens is 218 g/mol. The van der Waals surface area contributed by atoms with Gasteiger partial charge in [0.25, 0.3) is 0 Å². The second-order valence-corrected chi connectivity index (χ2v) is 5.51. The largest absolute Gasteiger partial charge is 0.303 e. The molecule has 0 radical (unpaired) electrons. The summed E-state index contributed by atoms with van der Waals surface area (Å²) >= 11 is 0. The fourth-order valence-corrected chi connectivity index (χ4v) is 2.60. The van der Waals surface area contributed by atoms with Gasteiger partial charge in [0.1, 0.15) is 0 Å². The first-order valence-electron chi connectivity index (χ1n) is 7.03. The summed E-state index contributed by atoms with van der Waals surface area (Å²) in [6.07, 6.45) is 3.96. The van der Waals surface area contributed by atoms with Crippen LogP contribution >= 0.6 is 0 Å². The highest BCUT2D eigenvalue weighted by atomic mass is 14.9. The first-order valence-corrected chi connectivity index (χ1v) is 7.03. The van der Waals surface area contributed by atoms with Crippen LogP contribution in [0.4, 0.5) is 0 Å². The smallest absolute Gasteiger partial charge is 0.0582 e. The molecule has 1 aliphatic rings. The molecule has 2 rings (SSSR count). The Kier molecular flexibility index (Phi) is 4.84. The van der Waals surface area contributed by atoms with Gasteiger partial charge in [0, 0.05) is 11.6 Å². The van der Waals surface area contributed by atoms with Crippen molar-refractivity contribution in [2.24, 2.45) is 11.8 Å². The van der Waals surface area contributed by atoms with Crippen LogP contribution in [-0.4, -0.2) is 12.6 Å². The number of hydrogen-bond acceptors (Lipinski definition) is 1. The third-order valence-corrected chi connectivity index (χ3v) is 4.08. The lowest BCUT2D eigenvalue weighted by Crippen LogP contribution is -2.36. The summed E-state index contributed by atoms with van der Waals surface area (Å²) < 4.78 is 0. The Morgan fingerprint density at radius 3 is 2.61 bits per heavy atom. The van der Waals surface area contributed by atoms with E-state index in [0.29, 0.717) is 6.04 Å². The summed E-state index contributed by atoms with van der Waals surface area (Å²) in [5.41, 5.74) is 1.10. The normalized spacial score (nSPS) is 27.3. The molecule has 18 heavy (non-hydrogen) atoms. The molecule has 1 aromatic rings. The van der Waals surface area contributed by atoms with Gasteiger partial charge in [-0.15, -0.1) is 0 Å². The third kappa shape index (κ3) is 3.89. The fraction of sp³-hybridized carbons (Fsp3) is 0.529. The first-order chi connectivity index (χ1) is 8.75. The second kappa shape index (κ2) is 6.61. The van der Waals surface area contributed by atoms with E-state index in [1.54, 1.807) is 0 Å². The van der Waals surface area contributed by atoms with E-state index in [4.69, 9.17) is 0 Å². The molecule has 0 aromatic heterocycles. The molecule has 96 valence electrons. The molecule has 0 amide bonds. The first kappa shape index (κ1) is 13.2. The number of nitrogens with one attached hydrogen (secondary N) is 1. The van der Waals surface area contributed by atoms with Crippen molar-refractivity contribution in [2.45, 2.75) is 39.2 Å². The minimum absolute atomic E-state index is 0.668. The molecule has 3 atom stereocenters. The van der Waals surface area contributed by atoms with Crippen LogP contribution < -0.4 is 5.32 Å². The fourth-order valence-electron chi connectivity index (χ4n) is 2.60. The zero-order valence-corrected chi connectivity index (χ0v) is 11.4. The van der Waals surface area contributed by atoms with Gasteiger partial charge >= 0.3 is 0 Å². The molecule has 1 fully saturated rings. The van der Waals surface area contributed by atoms with E-state index in [1.165, 1.54) is 19.3 Å². The molecule has 0 spiro atoms. The number of hydrogen-bond donors (Lipinski definition) is 1. The molecular formula is C17H23N. The molecule has 1 aromatic carbocycles. The highest BCUT2D eigenvalue weighted by Crippen LogP contribution is 2.29. The standard InChI is InChI=1S/C17H23N/c1-14-10-11-17(13-15(14)2)18-12-6-9-16-7-4-3-5-8-16/h3-5,7-8,14-15,17-18H,10-13H2,1-2H3. The van der Waals surface area contributed by atoms with Crippen molar-refractivity contribution < 1.29 is 0 Å². The lowest BCUT2D eigenvalue weighted by atomic mass is 9.79. The van der Waals surface area contributed by atoms with E-state index in [1.807, 2.05) is 18.2 Å². The van der Waals surface area contributed by atoms with Crippen LogP contribution in [0.2, 0.25) is 0 Å². The van der Waals surface area contributed by atoms with Crippen LogP contribution in [0.3, 0.4) is 0 Å². The average molecular weight is 241 g/mol. The summed E-state index contributed by atoms with van der Waals surface area (Å²) in [6.45, 7) is 5.55. The van der Waals surface area contributed by atoms with Crippen LogP contribution in [-0.2, 0) is 0 Å². The summed E-state index contributed by atoms with van der Waals surface area (Å²) in [7, 11) is 0. The Labute approximate surface area is 111 Å². The topological polar surface area (TPSA) is 12.0 Å². The molecule has 1 aliphatic carbocycles. The molecule has 0 aliphatic heterocycles. The van der Waals surface area contributed by atoms with Crippen molar-refractivity contribution in [1.82, 2.24) is 5.32 Å². The van der Waals surface area contributed by atoms with Crippen molar-refractivity contribution in [1.29, 1.82) is 0 Å². The minimum atomic E-state index is 0.668. The van der Waals surface area contributed by atoms with Gasteiger partial charge in [-0.25, -0.2) is 0 Å². The minimum Gasteiger partial charge on any atom is -0.303 e. The van der Waals surface area contributed by atoms with Gasteiger partial charge in [0.05, 0.1) is 6.54 Å². The molecule has 0 saturated heterocycles. The van der Waals surface area contributed by atoms with Crippen molar-refractivity contribution in [3.05, 3.63) is 35.9 Å².